The van der Waals surface area contributed by atoms with Crippen molar-refractivity contribution < 1.29 is 4.52 Å². The summed E-state index contributed by atoms with van der Waals surface area (Å²) in [6.45, 7) is 2.09. The molecule has 0 amide bonds. The lowest BCUT2D eigenvalue weighted by Gasteiger charge is -2.03. The predicted octanol–water partition coefficient (Wildman–Crippen LogP) is 3.79. The summed E-state index contributed by atoms with van der Waals surface area (Å²) in [6.07, 6.45) is 1.92. The molecular weight excluding hydrogens is 236 g/mol. The van der Waals surface area contributed by atoms with Crippen LogP contribution in [0.1, 0.15) is 31.6 Å². The molecule has 1 aromatic carbocycles. The van der Waals surface area contributed by atoms with E-state index in [1.807, 2.05) is 30.3 Å². The van der Waals surface area contributed by atoms with E-state index in [0.717, 1.165) is 29.9 Å². The van der Waals surface area contributed by atoms with Gasteiger partial charge in [-0.25, -0.2) is 0 Å². The van der Waals surface area contributed by atoms with E-state index in [9.17, 15) is 0 Å². The zero-order valence-corrected chi connectivity index (χ0v) is 10.4. The van der Waals surface area contributed by atoms with Gasteiger partial charge in [-0.15, -0.1) is 0 Å². The highest BCUT2D eigenvalue weighted by Gasteiger charge is 2.12. The summed E-state index contributed by atoms with van der Waals surface area (Å²) in [4.78, 5) is 0. The second-order valence-electron chi connectivity index (χ2n) is 4.02. The van der Waals surface area contributed by atoms with Gasteiger partial charge in [-0.1, -0.05) is 42.2 Å². The predicted molar refractivity (Wildman–Crippen MR) is 68.8 cm³/mol. The summed E-state index contributed by atoms with van der Waals surface area (Å²) in [7, 11) is 0. The van der Waals surface area contributed by atoms with E-state index < -0.39 is 0 Å². The smallest absolute Gasteiger partial charge is 0.154 e. The van der Waals surface area contributed by atoms with Crippen molar-refractivity contribution in [3.05, 3.63) is 41.1 Å². The van der Waals surface area contributed by atoms with Crippen LogP contribution in [0.25, 0.3) is 11.3 Å². The third kappa shape index (κ3) is 2.87. The van der Waals surface area contributed by atoms with Gasteiger partial charge in [0, 0.05) is 16.7 Å². The van der Waals surface area contributed by atoms with Crippen LogP contribution in [0.5, 0.6) is 0 Å². The quantitative estimate of drug-likeness (QED) is 0.898. The molecule has 90 valence electrons. The Balaban J connectivity index is 2.20. The zero-order valence-electron chi connectivity index (χ0n) is 9.69. The number of nitrogens with two attached hydrogens (primary N) is 1. The fourth-order valence-electron chi connectivity index (χ4n) is 1.67. The van der Waals surface area contributed by atoms with Gasteiger partial charge in [0.1, 0.15) is 5.69 Å². The summed E-state index contributed by atoms with van der Waals surface area (Å²) in [5.41, 5.74) is 7.74. The number of hydrogen-bond donors (Lipinski definition) is 1. The summed E-state index contributed by atoms with van der Waals surface area (Å²) >= 11 is 5.83. The summed E-state index contributed by atoms with van der Waals surface area (Å²) in [6, 6.07) is 9.30. The summed E-state index contributed by atoms with van der Waals surface area (Å²) < 4.78 is 5.26. The Bertz CT molecular complexity index is 478. The number of halogens is 1. The van der Waals surface area contributed by atoms with Gasteiger partial charge in [-0.2, -0.15) is 0 Å². The van der Waals surface area contributed by atoms with Crippen molar-refractivity contribution in [3.63, 3.8) is 0 Å². The van der Waals surface area contributed by atoms with Crippen molar-refractivity contribution in [2.45, 2.75) is 25.8 Å². The molecule has 1 atom stereocenters. The lowest BCUT2D eigenvalue weighted by atomic mass is 10.1. The molecule has 3 nitrogen and oxygen atoms in total. The topological polar surface area (TPSA) is 52.0 Å². The fourth-order valence-corrected chi connectivity index (χ4v) is 1.80. The Morgan fingerprint density at radius 1 is 1.35 bits per heavy atom. The maximum absolute atomic E-state index is 5.97. The SMILES string of the molecule is CCCC(N)c1cc(-c2ccc(Cl)cc2)no1. The fraction of sp³-hybridized carbons (Fsp3) is 0.308. The molecule has 0 saturated carbocycles. The van der Waals surface area contributed by atoms with Crippen molar-refractivity contribution in [1.82, 2.24) is 5.16 Å². The molecule has 4 heteroatoms. The lowest BCUT2D eigenvalue weighted by Crippen LogP contribution is -2.08. The second-order valence-corrected chi connectivity index (χ2v) is 4.45. The summed E-state index contributed by atoms with van der Waals surface area (Å²) in [5, 5.41) is 4.73. The maximum atomic E-state index is 5.97. The van der Waals surface area contributed by atoms with Gasteiger partial charge >= 0.3 is 0 Å². The van der Waals surface area contributed by atoms with Crippen LogP contribution in [-0.4, -0.2) is 5.16 Å². The van der Waals surface area contributed by atoms with Crippen LogP contribution in [-0.2, 0) is 0 Å². The Labute approximate surface area is 106 Å². The average Bonchev–Trinajstić information content (AvgIpc) is 2.80. The van der Waals surface area contributed by atoms with E-state index in [0.29, 0.717) is 5.02 Å². The molecule has 0 aliphatic carbocycles. The van der Waals surface area contributed by atoms with E-state index in [2.05, 4.69) is 12.1 Å². The zero-order chi connectivity index (χ0) is 12.3. The first kappa shape index (κ1) is 12.1. The highest BCUT2D eigenvalue weighted by Crippen LogP contribution is 2.24. The number of rotatable bonds is 4. The maximum Gasteiger partial charge on any atom is 0.154 e. The molecule has 0 fully saturated rings. The highest BCUT2D eigenvalue weighted by molar-refractivity contribution is 6.30. The van der Waals surface area contributed by atoms with Crippen molar-refractivity contribution in [3.8, 4) is 11.3 Å². The highest BCUT2D eigenvalue weighted by atomic mass is 35.5. The Kier molecular flexibility index (Phi) is 3.82. The molecule has 0 aliphatic heterocycles. The minimum atomic E-state index is -0.0754. The minimum Gasteiger partial charge on any atom is -0.359 e. The van der Waals surface area contributed by atoms with Gasteiger partial charge in [0.05, 0.1) is 6.04 Å². The van der Waals surface area contributed by atoms with Crippen LogP contribution in [0, 0.1) is 0 Å². The largest absolute Gasteiger partial charge is 0.359 e. The molecule has 0 radical (unpaired) electrons. The Hall–Kier alpha value is -1.32. The minimum absolute atomic E-state index is 0.0754. The molecule has 2 aromatic rings. The van der Waals surface area contributed by atoms with E-state index in [1.165, 1.54) is 0 Å². The molecule has 2 rings (SSSR count). The van der Waals surface area contributed by atoms with Crippen LogP contribution in [0.4, 0.5) is 0 Å². The molecule has 0 saturated heterocycles. The lowest BCUT2D eigenvalue weighted by molar-refractivity contribution is 0.356. The van der Waals surface area contributed by atoms with Crippen LogP contribution < -0.4 is 5.73 Å². The van der Waals surface area contributed by atoms with Gasteiger partial charge in [0.25, 0.3) is 0 Å². The Morgan fingerprint density at radius 2 is 2.06 bits per heavy atom. The van der Waals surface area contributed by atoms with Gasteiger partial charge in [-0.05, 0) is 18.6 Å². The third-order valence-electron chi connectivity index (χ3n) is 2.63. The molecule has 1 aromatic heterocycles. The van der Waals surface area contributed by atoms with Gasteiger partial charge in [0.2, 0.25) is 0 Å². The van der Waals surface area contributed by atoms with Gasteiger partial charge in [-0.3, -0.25) is 0 Å². The average molecular weight is 251 g/mol. The van der Waals surface area contributed by atoms with Crippen LogP contribution in [0.15, 0.2) is 34.9 Å². The third-order valence-corrected chi connectivity index (χ3v) is 2.89. The van der Waals surface area contributed by atoms with Crippen molar-refractivity contribution in [2.75, 3.05) is 0 Å². The normalized spacial score (nSPS) is 12.6. The Morgan fingerprint density at radius 3 is 2.71 bits per heavy atom. The van der Waals surface area contributed by atoms with Crippen molar-refractivity contribution in [1.29, 1.82) is 0 Å². The molecule has 1 unspecified atom stereocenters. The van der Waals surface area contributed by atoms with E-state index in [1.54, 1.807) is 0 Å². The number of hydrogen-bond acceptors (Lipinski definition) is 3. The van der Waals surface area contributed by atoms with Gasteiger partial charge in [0.15, 0.2) is 5.76 Å². The number of nitrogens with zero attached hydrogens (tertiary/aromatic N) is 1. The number of aromatic nitrogens is 1. The van der Waals surface area contributed by atoms with Crippen LogP contribution in [0.2, 0.25) is 5.02 Å². The monoisotopic (exact) mass is 250 g/mol. The van der Waals surface area contributed by atoms with E-state index >= 15 is 0 Å². The van der Waals surface area contributed by atoms with E-state index in [4.69, 9.17) is 21.9 Å². The first-order valence-corrected chi connectivity index (χ1v) is 6.06. The first-order chi connectivity index (χ1) is 8.20. The molecular formula is C13H15ClN2O. The molecule has 0 spiro atoms. The molecule has 0 aliphatic rings. The summed E-state index contributed by atoms with van der Waals surface area (Å²) in [5.74, 6) is 0.733. The number of benzene rings is 1. The first-order valence-electron chi connectivity index (χ1n) is 5.69. The van der Waals surface area contributed by atoms with Crippen LogP contribution in [0.3, 0.4) is 0 Å². The molecule has 0 bridgehead atoms. The van der Waals surface area contributed by atoms with Crippen molar-refractivity contribution >= 4 is 11.6 Å². The second kappa shape index (κ2) is 5.34. The molecule has 2 N–H and O–H groups in total. The van der Waals surface area contributed by atoms with Crippen molar-refractivity contribution in [2.24, 2.45) is 5.73 Å². The molecule has 17 heavy (non-hydrogen) atoms. The van der Waals surface area contributed by atoms with E-state index in [-0.39, 0.29) is 6.04 Å². The molecule has 1 heterocycles. The standard InChI is InChI=1S/C13H15ClN2O/c1-2-3-11(15)13-8-12(16-17-13)9-4-6-10(14)7-5-9/h4-8,11H,2-3,15H2,1H3. The van der Waals surface area contributed by atoms with Crippen LogP contribution >= 0.6 is 11.6 Å². The van der Waals surface area contributed by atoms with Gasteiger partial charge < -0.3 is 10.3 Å².